The van der Waals surface area contributed by atoms with Crippen molar-refractivity contribution in [2.75, 3.05) is 6.54 Å². The number of nitrogens with zero attached hydrogens (tertiary/aromatic N) is 2. The molecule has 0 saturated heterocycles. The Bertz CT molecular complexity index is 707. The first-order chi connectivity index (χ1) is 11.3. The van der Waals surface area contributed by atoms with Crippen LogP contribution in [0.2, 0.25) is 0 Å². The van der Waals surface area contributed by atoms with E-state index in [-0.39, 0.29) is 16.6 Å². The van der Waals surface area contributed by atoms with E-state index >= 15 is 0 Å². The Morgan fingerprint density at radius 1 is 1.17 bits per heavy atom. The van der Waals surface area contributed by atoms with Crippen LogP contribution in [0.4, 0.5) is 17.6 Å². The molecule has 3 nitrogen and oxygen atoms in total. The molecule has 0 fully saturated rings. The molecule has 2 rings (SSSR count). The van der Waals surface area contributed by atoms with Gasteiger partial charge in [-0.3, -0.25) is 9.78 Å². The van der Waals surface area contributed by atoms with Crippen molar-refractivity contribution in [1.82, 2.24) is 9.88 Å². The SMILES string of the molecule is O=C(Cc1cccc(Br)c1F)N(Cc1ccccn1)CC(F)(F)F. The van der Waals surface area contributed by atoms with E-state index in [9.17, 15) is 22.4 Å². The summed E-state index contributed by atoms with van der Waals surface area (Å²) in [6, 6.07) is 9.09. The van der Waals surface area contributed by atoms with Gasteiger partial charge in [-0.1, -0.05) is 18.2 Å². The number of hydrogen-bond donors (Lipinski definition) is 0. The number of rotatable bonds is 5. The molecular weight excluding hydrogens is 392 g/mol. The first-order valence-corrected chi connectivity index (χ1v) is 7.73. The van der Waals surface area contributed by atoms with Gasteiger partial charge in [0.1, 0.15) is 12.4 Å². The van der Waals surface area contributed by atoms with Crippen molar-refractivity contribution in [3.8, 4) is 0 Å². The van der Waals surface area contributed by atoms with Crippen LogP contribution in [-0.2, 0) is 17.8 Å². The van der Waals surface area contributed by atoms with Crippen LogP contribution in [0.5, 0.6) is 0 Å². The largest absolute Gasteiger partial charge is 0.406 e. The Morgan fingerprint density at radius 3 is 2.54 bits per heavy atom. The van der Waals surface area contributed by atoms with Gasteiger partial charge in [0, 0.05) is 6.20 Å². The molecule has 128 valence electrons. The third-order valence-corrected chi connectivity index (χ3v) is 3.79. The summed E-state index contributed by atoms with van der Waals surface area (Å²) in [6.07, 6.45) is -3.59. The van der Waals surface area contributed by atoms with Gasteiger partial charge >= 0.3 is 6.18 Å². The molecule has 1 aromatic carbocycles. The van der Waals surface area contributed by atoms with Crippen LogP contribution in [0.15, 0.2) is 47.1 Å². The standard InChI is InChI=1S/C16H13BrF4N2O/c17-13-6-3-4-11(15(13)18)8-14(24)23(10-16(19,20)21)9-12-5-1-2-7-22-12/h1-7H,8-10H2. The van der Waals surface area contributed by atoms with Crippen molar-refractivity contribution in [3.63, 3.8) is 0 Å². The molecule has 0 radical (unpaired) electrons. The van der Waals surface area contributed by atoms with E-state index in [1.807, 2.05) is 0 Å². The maximum atomic E-state index is 13.9. The summed E-state index contributed by atoms with van der Waals surface area (Å²) in [5, 5.41) is 0. The second-order valence-electron chi connectivity index (χ2n) is 5.08. The van der Waals surface area contributed by atoms with Crippen molar-refractivity contribution >= 4 is 21.8 Å². The van der Waals surface area contributed by atoms with Crippen molar-refractivity contribution in [2.45, 2.75) is 19.1 Å². The Labute approximate surface area is 144 Å². The third kappa shape index (κ3) is 5.30. The molecule has 1 aromatic heterocycles. The van der Waals surface area contributed by atoms with Crippen LogP contribution in [0.3, 0.4) is 0 Å². The van der Waals surface area contributed by atoms with Crippen molar-refractivity contribution in [1.29, 1.82) is 0 Å². The Morgan fingerprint density at radius 2 is 1.92 bits per heavy atom. The Balaban J connectivity index is 2.19. The fourth-order valence-electron chi connectivity index (χ4n) is 2.10. The molecule has 0 N–H and O–H groups in total. The van der Waals surface area contributed by atoms with E-state index in [1.54, 1.807) is 12.1 Å². The second-order valence-corrected chi connectivity index (χ2v) is 5.93. The smallest absolute Gasteiger partial charge is 0.327 e. The lowest BCUT2D eigenvalue weighted by atomic mass is 10.1. The third-order valence-electron chi connectivity index (χ3n) is 3.18. The molecule has 0 aliphatic carbocycles. The Kier molecular flexibility index (Phi) is 5.93. The minimum atomic E-state index is -4.56. The number of carbonyl (C=O) groups excluding carboxylic acids is 1. The van der Waals surface area contributed by atoms with Gasteiger partial charge in [0.25, 0.3) is 0 Å². The van der Waals surface area contributed by atoms with Gasteiger partial charge < -0.3 is 4.90 Å². The number of alkyl halides is 3. The summed E-state index contributed by atoms with van der Waals surface area (Å²) < 4.78 is 52.4. The number of amides is 1. The predicted octanol–water partition coefficient (Wildman–Crippen LogP) is 4.12. The minimum absolute atomic E-state index is 0.0302. The van der Waals surface area contributed by atoms with Gasteiger partial charge in [-0.15, -0.1) is 0 Å². The monoisotopic (exact) mass is 404 g/mol. The second kappa shape index (κ2) is 7.74. The van der Waals surface area contributed by atoms with Crippen LogP contribution in [0.1, 0.15) is 11.3 Å². The topological polar surface area (TPSA) is 33.2 Å². The van der Waals surface area contributed by atoms with Gasteiger partial charge in [0.05, 0.1) is 23.1 Å². The lowest BCUT2D eigenvalue weighted by Crippen LogP contribution is -2.39. The van der Waals surface area contributed by atoms with Gasteiger partial charge in [-0.05, 0) is 39.7 Å². The maximum Gasteiger partial charge on any atom is 0.406 e. The number of pyridine rings is 1. The molecule has 0 aliphatic heterocycles. The maximum absolute atomic E-state index is 13.9. The van der Waals surface area contributed by atoms with Gasteiger partial charge in [0.2, 0.25) is 5.91 Å². The first-order valence-electron chi connectivity index (χ1n) is 6.93. The predicted molar refractivity (Wildman–Crippen MR) is 83.5 cm³/mol. The van der Waals surface area contributed by atoms with Gasteiger partial charge in [-0.25, -0.2) is 4.39 Å². The molecule has 0 saturated carbocycles. The van der Waals surface area contributed by atoms with Crippen LogP contribution in [-0.4, -0.2) is 28.5 Å². The number of carbonyl (C=O) groups is 1. The highest BCUT2D eigenvalue weighted by molar-refractivity contribution is 9.10. The lowest BCUT2D eigenvalue weighted by molar-refractivity contribution is -0.162. The molecule has 24 heavy (non-hydrogen) atoms. The molecule has 8 heteroatoms. The molecule has 0 atom stereocenters. The van der Waals surface area contributed by atoms with Crippen LogP contribution < -0.4 is 0 Å². The fourth-order valence-corrected chi connectivity index (χ4v) is 2.50. The Hall–Kier alpha value is -1.96. The summed E-state index contributed by atoms with van der Waals surface area (Å²) >= 11 is 2.99. The summed E-state index contributed by atoms with van der Waals surface area (Å²) in [5.74, 6) is -1.48. The zero-order chi connectivity index (χ0) is 17.7. The molecule has 0 aliphatic rings. The average molecular weight is 405 g/mol. The quantitative estimate of drug-likeness (QED) is 0.702. The summed E-state index contributed by atoms with van der Waals surface area (Å²) in [6.45, 7) is -1.72. The molecule has 1 heterocycles. The van der Waals surface area contributed by atoms with E-state index in [0.717, 1.165) is 0 Å². The minimum Gasteiger partial charge on any atom is -0.327 e. The first kappa shape index (κ1) is 18.4. The number of hydrogen-bond acceptors (Lipinski definition) is 2. The fraction of sp³-hybridized carbons (Fsp3) is 0.250. The normalized spacial score (nSPS) is 11.4. The van der Waals surface area contributed by atoms with Gasteiger partial charge in [-0.2, -0.15) is 13.2 Å². The highest BCUT2D eigenvalue weighted by atomic mass is 79.9. The highest BCUT2D eigenvalue weighted by Crippen LogP contribution is 2.22. The van der Waals surface area contributed by atoms with E-state index < -0.39 is 30.9 Å². The summed E-state index contributed by atoms with van der Waals surface area (Å²) in [4.78, 5) is 16.8. The lowest BCUT2D eigenvalue weighted by Gasteiger charge is -2.24. The van der Waals surface area contributed by atoms with E-state index in [4.69, 9.17) is 0 Å². The van der Waals surface area contributed by atoms with Crippen molar-refractivity contribution in [3.05, 3.63) is 64.1 Å². The summed E-state index contributed by atoms with van der Waals surface area (Å²) in [5.41, 5.74) is 0.354. The van der Waals surface area contributed by atoms with E-state index in [1.165, 1.54) is 30.5 Å². The van der Waals surface area contributed by atoms with Crippen molar-refractivity contribution < 1.29 is 22.4 Å². The van der Waals surface area contributed by atoms with Crippen LogP contribution in [0.25, 0.3) is 0 Å². The molecule has 0 spiro atoms. The average Bonchev–Trinajstić information content (AvgIpc) is 2.51. The molecular formula is C16H13BrF4N2O. The highest BCUT2D eigenvalue weighted by Gasteiger charge is 2.33. The number of aromatic nitrogens is 1. The van der Waals surface area contributed by atoms with Crippen LogP contribution >= 0.6 is 15.9 Å². The molecule has 1 amide bonds. The zero-order valence-electron chi connectivity index (χ0n) is 12.4. The number of halogens is 5. The number of benzene rings is 1. The van der Waals surface area contributed by atoms with Crippen molar-refractivity contribution in [2.24, 2.45) is 0 Å². The zero-order valence-corrected chi connectivity index (χ0v) is 13.9. The van der Waals surface area contributed by atoms with Gasteiger partial charge in [0.15, 0.2) is 0 Å². The van der Waals surface area contributed by atoms with Crippen LogP contribution in [0, 0.1) is 5.82 Å². The summed E-state index contributed by atoms with van der Waals surface area (Å²) in [7, 11) is 0. The molecule has 0 bridgehead atoms. The molecule has 2 aromatic rings. The molecule has 0 unspecified atom stereocenters. The van der Waals surface area contributed by atoms with E-state index in [2.05, 4.69) is 20.9 Å². The van der Waals surface area contributed by atoms with E-state index in [0.29, 0.717) is 10.6 Å².